The van der Waals surface area contributed by atoms with Gasteiger partial charge >= 0.3 is 0 Å². The van der Waals surface area contributed by atoms with Gasteiger partial charge in [-0.1, -0.05) is 91.0 Å². The molecule has 4 aromatic carbocycles. The molecule has 0 aromatic heterocycles. The number of hydrogen-bond acceptors (Lipinski definition) is 1. The maximum atomic E-state index is 12.4. The summed E-state index contributed by atoms with van der Waals surface area (Å²) in [7, 11) is 0. The summed E-state index contributed by atoms with van der Waals surface area (Å²) >= 11 is 0. The van der Waals surface area contributed by atoms with Gasteiger partial charge in [-0.05, 0) is 27.6 Å². The van der Waals surface area contributed by atoms with Crippen molar-refractivity contribution in [1.82, 2.24) is 0 Å². The number of carbonyl (C=O) groups excluding carboxylic acids is 1. The van der Waals surface area contributed by atoms with E-state index in [0.29, 0.717) is 6.42 Å². The number of hydrogen-bond donors (Lipinski definition) is 1. The molecule has 1 aliphatic heterocycles. The van der Waals surface area contributed by atoms with Crippen molar-refractivity contribution in [1.29, 1.82) is 0 Å². The number of rotatable bonds is 2. The molecule has 4 aromatic rings. The van der Waals surface area contributed by atoms with Crippen LogP contribution in [0.2, 0.25) is 0 Å². The van der Waals surface area contributed by atoms with Crippen molar-refractivity contribution in [3.05, 3.63) is 102 Å². The summed E-state index contributed by atoms with van der Waals surface area (Å²) < 4.78 is 0. The lowest BCUT2D eigenvalue weighted by Crippen LogP contribution is -2.23. The normalized spacial score (nSPS) is 16.0. The van der Waals surface area contributed by atoms with Crippen molar-refractivity contribution in [2.75, 3.05) is 5.32 Å². The number of anilines is 1. The predicted molar refractivity (Wildman–Crippen MR) is 111 cm³/mol. The first-order chi connectivity index (χ1) is 13.3. The quantitative estimate of drug-likeness (QED) is 0.474. The molecule has 0 radical (unpaired) electrons. The van der Waals surface area contributed by atoms with E-state index in [9.17, 15) is 4.79 Å². The summed E-state index contributed by atoms with van der Waals surface area (Å²) in [5.41, 5.74) is 5.73. The zero-order chi connectivity index (χ0) is 18.2. The van der Waals surface area contributed by atoms with E-state index in [1.54, 1.807) is 0 Å². The lowest BCUT2D eigenvalue weighted by Gasteiger charge is -2.27. The lowest BCUT2D eigenvalue weighted by atomic mass is 9.83. The van der Waals surface area contributed by atoms with Crippen LogP contribution in [0.15, 0.2) is 91.0 Å². The number of benzene rings is 4. The summed E-state index contributed by atoms with van der Waals surface area (Å²) in [4.78, 5) is 12.4. The number of fused-ring (bicyclic) bond motifs is 3. The van der Waals surface area contributed by atoms with Crippen LogP contribution in [0, 0.1) is 0 Å². The van der Waals surface area contributed by atoms with Gasteiger partial charge in [-0.25, -0.2) is 0 Å². The van der Waals surface area contributed by atoms with Gasteiger partial charge in [0.05, 0.1) is 5.69 Å². The third-order valence-corrected chi connectivity index (χ3v) is 5.41. The highest BCUT2D eigenvalue weighted by Gasteiger charge is 2.27. The molecule has 2 nitrogen and oxygen atoms in total. The van der Waals surface area contributed by atoms with E-state index >= 15 is 0 Å². The van der Waals surface area contributed by atoms with Crippen molar-refractivity contribution >= 4 is 22.4 Å². The molecule has 5 rings (SSSR count). The van der Waals surface area contributed by atoms with Crippen LogP contribution in [0.25, 0.3) is 21.9 Å². The first-order valence-electron chi connectivity index (χ1n) is 9.26. The molecule has 0 saturated heterocycles. The molecule has 2 heteroatoms. The number of amides is 1. The van der Waals surface area contributed by atoms with Crippen LogP contribution >= 0.6 is 0 Å². The van der Waals surface area contributed by atoms with E-state index in [4.69, 9.17) is 0 Å². The minimum atomic E-state index is 0.0796. The highest BCUT2D eigenvalue weighted by molar-refractivity contribution is 6.06. The smallest absolute Gasteiger partial charge is 0.225 e. The average molecular weight is 349 g/mol. The Morgan fingerprint density at radius 3 is 2.22 bits per heavy atom. The third-order valence-electron chi connectivity index (χ3n) is 5.41. The Bertz CT molecular complexity index is 1130. The molecule has 0 spiro atoms. The van der Waals surface area contributed by atoms with Gasteiger partial charge in [0.1, 0.15) is 0 Å². The van der Waals surface area contributed by atoms with Gasteiger partial charge in [-0.3, -0.25) is 4.79 Å². The van der Waals surface area contributed by atoms with Crippen molar-refractivity contribution in [3.63, 3.8) is 0 Å². The molecule has 0 bridgehead atoms. The van der Waals surface area contributed by atoms with Crippen molar-refractivity contribution in [3.8, 4) is 11.1 Å². The van der Waals surface area contributed by atoms with Crippen LogP contribution in [0.5, 0.6) is 0 Å². The molecule has 0 saturated carbocycles. The van der Waals surface area contributed by atoms with Gasteiger partial charge in [0.2, 0.25) is 5.91 Å². The second kappa shape index (κ2) is 6.40. The highest BCUT2D eigenvalue weighted by atomic mass is 16.1. The molecule has 130 valence electrons. The first-order valence-corrected chi connectivity index (χ1v) is 9.26. The van der Waals surface area contributed by atoms with Crippen molar-refractivity contribution in [2.45, 2.75) is 12.3 Å². The van der Waals surface area contributed by atoms with E-state index in [0.717, 1.165) is 16.5 Å². The molecule has 1 N–H and O–H groups in total. The fraction of sp³-hybridized carbons (Fsp3) is 0.0800. The molecule has 0 fully saturated rings. The highest BCUT2D eigenvalue weighted by Crippen LogP contribution is 2.41. The third kappa shape index (κ3) is 2.80. The molecule has 1 heterocycles. The van der Waals surface area contributed by atoms with Gasteiger partial charge in [0, 0.05) is 17.7 Å². The Hall–Kier alpha value is -3.39. The molecule has 1 atom stereocenters. The van der Waals surface area contributed by atoms with Gasteiger partial charge in [-0.15, -0.1) is 0 Å². The summed E-state index contributed by atoms with van der Waals surface area (Å²) in [6.45, 7) is 0. The molecule has 1 amide bonds. The molecular formula is C25H19NO. The van der Waals surface area contributed by atoms with E-state index in [1.807, 2.05) is 18.2 Å². The van der Waals surface area contributed by atoms with Crippen LogP contribution in [0.3, 0.4) is 0 Å². The Morgan fingerprint density at radius 1 is 0.704 bits per heavy atom. The molecule has 1 aliphatic rings. The van der Waals surface area contributed by atoms with Gasteiger partial charge in [-0.2, -0.15) is 0 Å². The van der Waals surface area contributed by atoms with Gasteiger partial charge in [0.25, 0.3) is 0 Å². The van der Waals surface area contributed by atoms with Crippen molar-refractivity contribution < 1.29 is 4.79 Å². The van der Waals surface area contributed by atoms with Gasteiger partial charge < -0.3 is 5.32 Å². The van der Waals surface area contributed by atoms with E-state index in [2.05, 4.69) is 78.1 Å². The van der Waals surface area contributed by atoms with E-state index in [1.165, 1.54) is 22.3 Å². The number of nitrogens with one attached hydrogen (secondary N) is 1. The lowest BCUT2D eigenvalue weighted by molar-refractivity contribution is -0.116. The van der Waals surface area contributed by atoms with Crippen LogP contribution in [-0.2, 0) is 4.79 Å². The fourth-order valence-corrected chi connectivity index (χ4v) is 4.04. The summed E-state index contributed by atoms with van der Waals surface area (Å²) in [5.74, 6) is 0.166. The second-order valence-corrected chi connectivity index (χ2v) is 7.04. The van der Waals surface area contributed by atoms with Gasteiger partial charge in [0.15, 0.2) is 0 Å². The Labute approximate surface area is 158 Å². The van der Waals surface area contributed by atoms with Crippen LogP contribution in [-0.4, -0.2) is 5.91 Å². The Kier molecular flexibility index (Phi) is 3.75. The minimum Gasteiger partial charge on any atom is -0.325 e. The predicted octanol–water partition coefficient (Wildman–Crippen LogP) is 5.98. The Morgan fingerprint density at radius 2 is 1.41 bits per heavy atom. The van der Waals surface area contributed by atoms with Crippen molar-refractivity contribution in [2.24, 2.45) is 0 Å². The monoisotopic (exact) mass is 349 g/mol. The Balaban J connectivity index is 1.58. The fourth-order valence-electron chi connectivity index (χ4n) is 4.04. The maximum Gasteiger partial charge on any atom is 0.225 e. The zero-order valence-electron chi connectivity index (χ0n) is 14.9. The minimum absolute atomic E-state index is 0.0796. The molecule has 0 aliphatic carbocycles. The first kappa shape index (κ1) is 15.8. The van der Waals surface area contributed by atoms with E-state index in [-0.39, 0.29) is 11.8 Å². The standard InChI is InChI=1S/C25H19NO/c27-24-16-23(20-12-10-18(11-13-20)17-6-2-1-3-7-17)22-15-14-19-8-4-5-9-21(19)25(22)26-24/h1-15,23H,16H2,(H,26,27). The molecule has 1 unspecified atom stereocenters. The van der Waals surface area contributed by atoms with Crippen LogP contribution < -0.4 is 5.32 Å². The van der Waals surface area contributed by atoms with Crippen LogP contribution in [0.1, 0.15) is 23.5 Å². The average Bonchev–Trinajstić information content (AvgIpc) is 2.74. The zero-order valence-corrected chi connectivity index (χ0v) is 14.9. The SMILES string of the molecule is O=C1CC(c2ccc(-c3ccccc3)cc2)c2ccc3ccccc3c2N1. The van der Waals surface area contributed by atoms with E-state index < -0.39 is 0 Å². The maximum absolute atomic E-state index is 12.4. The topological polar surface area (TPSA) is 29.1 Å². The van der Waals surface area contributed by atoms with Crippen LogP contribution in [0.4, 0.5) is 5.69 Å². The summed E-state index contributed by atoms with van der Waals surface area (Å²) in [6.07, 6.45) is 0.482. The summed E-state index contributed by atoms with van der Waals surface area (Å²) in [6, 6.07) is 31.5. The second-order valence-electron chi connectivity index (χ2n) is 7.04. The number of carbonyl (C=O) groups is 1. The molecule has 27 heavy (non-hydrogen) atoms. The molecular weight excluding hydrogens is 330 g/mol. The summed E-state index contributed by atoms with van der Waals surface area (Å²) in [5, 5.41) is 5.36. The largest absolute Gasteiger partial charge is 0.325 e.